The Morgan fingerprint density at radius 3 is 2.48 bits per heavy atom. The number of anilines is 1. The number of hydrogen-bond donors (Lipinski definition) is 1. The number of amides is 1. The van der Waals surface area contributed by atoms with Gasteiger partial charge in [-0.3, -0.25) is 4.79 Å². The van der Waals surface area contributed by atoms with Crippen LogP contribution in [0.15, 0.2) is 28.8 Å². The molecule has 1 aromatic heterocycles. The molecule has 0 radical (unpaired) electrons. The van der Waals surface area contributed by atoms with Crippen LogP contribution in [0, 0.1) is 6.92 Å². The van der Waals surface area contributed by atoms with E-state index in [9.17, 15) is 18.0 Å². The summed E-state index contributed by atoms with van der Waals surface area (Å²) in [6.45, 7) is 2.45. The topological polar surface area (TPSA) is 72.4 Å². The molecule has 1 amide bonds. The van der Waals surface area contributed by atoms with Crippen LogP contribution in [0.4, 0.5) is 19.1 Å². The molecule has 0 unspecified atom stereocenters. The van der Waals surface area contributed by atoms with Crippen molar-refractivity contribution < 1.29 is 22.5 Å². The number of aryl methyl sites for hydroxylation is 1. The number of halogens is 3. The fourth-order valence-electron chi connectivity index (χ4n) is 3.13. The number of carbonyl (C=O) groups is 1. The van der Waals surface area contributed by atoms with Crippen LogP contribution >= 0.6 is 0 Å². The Labute approximate surface area is 142 Å². The molecule has 3 rings (SSSR count). The van der Waals surface area contributed by atoms with Gasteiger partial charge in [0.05, 0.1) is 11.3 Å². The highest BCUT2D eigenvalue weighted by molar-refractivity contribution is 5.94. The molecule has 1 fully saturated rings. The minimum absolute atomic E-state index is 0.0662. The lowest BCUT2D eigenvalue weighted by molar-refractivity contribution is -0.137. The molecule has 0 aliphatic carbocycles. The number of benzene rings is 1. The van der Waals surface area contributed by atoms with Crippen LogP contribution in [0.1, 0.15) is 45.9 Å². The molecule has 0 saturated carbocycles. The Morgan fingerprint density at radius 2 is 1.92 bits per heavy atom. The van der Waals surface area contributed by atoms with Crippen molar-refractivity contribution in [3.8, 4) is 0 Å². The van der Waals surface area contributed by atoms with Gasteiger partial charge >= 0.3 is 6.18 Å². The first-order valence-electron chi connectivity index (χ1n) is 7.94. The van der Waals surface area contributed by atoms with E-state index in [1.807, 2.05) is 0 Å². The van der Waals surface area contributed by atoms with E-state index < -0.39 is 11.7 Å². The summed E-state index contributed by atoms with van der Waals surface area (Å²) in [5.74, 6) is -0.00592. The van der Waals surface area contributed by atoms with Crippen molar-refractivity contribution in [3.05, 3.63) is 46.6 Å². The SMILES string of the molecule is Cc1cc(C(=O)N2CCC(c3cc(N)on3)CC2)cc(C(F)(F)F)c1. The van der Waals surface area contributed by atoms with Gasteiger partial charge in [-0.1, -0.05) is 5.16 Å². The van der Waals surface area contributed by atoms with Gasteiger partial charge in [-0.15, -0.1) is 0 Å². The van der Waals surface area contributed by atoms with Crippen molar-refractivity contribution in [2.45, 2.75) is 31.9 Å². The number of alkyl halides is 3. The molecule has 1 aromatic carbocycles. The highest BCUT2D eigenvalue weighted by Gasteiger charge is 2.32. The highest BCUT2D eigenvalue weighted by atomic mass is 19.4. The summed E-state index contributed by atoms with van der Waals surface area (Å²) in [5.41, 5.74) is 5.94. The zero-order valence-corrected chi connectivity index (χ0v) is 13.6. The average molecular weight is 353 g/mol. The summed E-state index contributed by atoms with van der Waals surface area (Å²) in [6, 6.07) is 5.11. The van der Waals surface area contributed by atoms with Crippen LogP contribution in [-0.4, -0.2) is 29.1 Å². The van der Waals surface area contributed by atoms with Crippen LogP contribution < -0.4 is 5.73 Å². The fourth-order valence-corrected chi connectivity index (χ4v) is 3.13. The smallest absolute Gasteiger partial charge is 0.368 e. The first kappa shape index (κ1) is 17.3. The fraction of sp³-hybridized carbons (Fsp3) is 0.412. The van der Waals surface area contributed by atoms with Crippen LogP contribution in [0.25, 0.3) is 0 Å². The number of piperidine rings is 1. The monoisotopic (exact) mass is 353 g/mol. The number of likely N-dealkylation sites (tertiary alicyclic amines) is 1. The third-order valence-corrected chi connectivity index (χ3v) is 4.40. The Kier molecular flexibility index (Phi) is 4.45. The number of carbonyl (C=O) groups excluding carboxylic acids is 1. The molecule has 1 aliphatic rings. The van der Waals surface area contributed by atoms with E-state index >= 15 is 0 Å². The Balaban J connectivity index is 1.71. The molecule has 1 saturated heterocycles. The molecule has 0 bridgehead atoms. The van der Waals surface area contributed by atoms with Gasteiger partial charge < -0.3 is 15.2 Å². The summed E-state index contributed by atoms with van der Waals surface area (Å²) >= 11 is 0. The third-order valence-electron chi connectivity index (χ3n) is 4.40. The van der Waals surface area contributed by atoms with Crippen LogP contribution in [-0.2, 0) is 6.18 Å². The summed E-state index contributed by atoms with van der Waals surface area (Å²) in [6.07, 6.45) is -3.15. The van der Waals surface area contributed by atoms with Gasteiger partial charge in [0.25, 0.3) is 5.91 Å². The van der Waals surface area contributed by atoms with E-state index in [2.05, 4.69) is 5.16 Å². The highest BCUT2D eigenvalue weighted by Crippen LogP contribution is 2.32. The van der Waals surface area contributed by atoms with Crippen LogP contribution in [0.2, 0.25) is 0 Å². The normalized spacial score (nSPS) is 16.2. The molecule has 25 heavy (non-hydrogen) atoms. The second kappa shape index (κ2) is 6.42. The van der Waals surface area contributed by atoms with E-state index in [4.69, 9.17) is 10.3 Å². The lowest BCUT2D eigenvalue weighted by atomic mass is 9.93. The molecular formula is C17H18F3N3O2. The van der Waals surface area contributed by atoms with Crippen molar-refractivity contribution in [1.29, 1.82) is 0 Å². The maximum atomic E-state index is 12.9. The summed E-state index contributed by atoms with van der Waals surface area (Å²) in [5, 5.41) is 3.89. The summed E-state index contributed by atoms with van der Waals surface area (Å²) in [4.78, 5) is 14.2. The molecule has 0 spiro atoms. The van der Waals surface area contributed by atoms with E-state index in [1.54, 1.807) is 17.9 Å². The number of hydrogen-bond acceptors (Lipinski definition) is 4. The minimum Gasteiger partial charge on any atom is -0.368 e. The largest absolute Gasteiger partial charge is 0.416 e. The van der Waals surface area contributed by atoms with Gasteiger partial charge in [0, 0.05) is 30.6 Å². The van der Waals surface area contributed by atoms with E-state index in [0.29, 0.717) is 31.5 Å². The van der Waals surface area contributed by atoms with Gasteiger partial charge in [0.2, 0.25) is 5.88 Å². The van der Waals surface area contributed by atoms with E-state index in [-0.39, 0.29) is 23.3 Å². The predicted molar refractivity (Wildman–Crippen MR) is 85.0 cm³/mol. The first-order chi connectivity index (χ1) is 11.7. The van der Waals surface area contributed by atoms with Crippen molar-refractivity contribution in [2.75, 3.05) is 18.8 Å². The zero-order valence-electron chi connectivity index (χ0n) is 13.6. The molecule has 2 N–H and O–H groups in total. The van der Waals surface area contributed by atoms with Gasteiger partial charge in [-0.05, 0) is 43.5 Å². The van der Waals surface area contributed by atoms with Gasteiger partial charge in [0.15, 0.2) is 0 Å². The molecule has 8 heteroatoms. The Hall–Kier alpha value is -2.51. The molecule has 2 aromatic rings. The van der Waals surface area contributed by atoms with Crippen molar-refractivity contribution in [2.24, 2.45) is 0 Å². The van der Waals surface area contributed by atoms with Gasteiger partial charge in [-0.25, -0.2) is 0 Å². The molecule has 1 aliphatic heterocycles. The summed E-state index contributed by atoms with van der Waals surface area (Å²) < 4.78 is 43.7. The quantitative estimate of drug-likeness (QED) is 0.895. The van der Waals surface area contributed by atoms with Crippen molar-refractivity contribution >= 4 is 11.8 Å². The van der Waals surface area contributed by atoms with Crippen molar-refractivity contribution in [1.82, 2.24) is 10.1 Å². The van der Waals surface area contributed by atoms with E-state index in [0.717, 1.165) is 17.8 Å². The first-order valence-corrected chi connectivity index (χ1v) is 7.94. The standard InChI is InChI=1S/C17H18F3N3O2/c1-10-6-12(8-13(7-10)17(18,19)20)16(24)23-4-2-11(3-5-23)14-9-15(21)25-22-14/h6-9,11H,2-5,21H2,1H3. The van der Waals surface area contributed by atoms with E-state index in [1.165, 1.54) is 6.07 Å². The molecule has 134 valence electrons. The minimum atomic E-state index is -4.47. The molecule has 5 nitrogen and oxygen atoms in total. The number of aromatic nitrogens is 1. The molecule has 0 atom stereocenters. The number of nitrogens with zero attached hydrogens (tertiary/aromatic N) is 2. The maximum Gasteiger partial charge on any atom is 0.416 e. The number of nitrogens with two attached hydrogens (primary N) is 1. The van der Waals surface area contributed by atoms with Crippen LogP contribution in [0.3, 0.4) is 0 Å². The lowest BCUT2D eigenvalue weighted by Gasteiger charge is -2.31. The number of rotatable bonds is 2. The van der Waals surface area contributed by atoms with Crippen molar-refractivity contribution in [3.63, 3.8) is 0 Å². The molecule has 2 heterocycles. The maximum absolute atomic E-state index is 12.9. The lowest BCUT2D eigenvalue weighted by Crippen LogP contribution is -2.38. The van der Waals surface area contributed by atoms with Gasteiger partial charge in [0.1, 0.15) is 0 Å². The Morgan fingerprint density at radius 1 is 1.24 bits per heavy atom. The number of nitrogen functional groups attached to an aromatic ring is 1. The predicted octanol–water partition coefficient (Wildman–Crippen LogP) is 3.60. The third kappa shape index (κ3) is 3.78. The summed E-state index contributed by atoms with van der Waals surface area (Å²) in [7, 11) is 0. The second-order valence-corrected chi connectivity index (χ2v) is 6.31. The van der Waals surface area contributed by atoms with Gasteiger partial charge in [-0.2, -0.15) is 13.2 Å². The zero-order chi connectivity index (χ0) is 18.2. The second-order valence-electron chi connectivity index (χ2n) is 6.31. The average Bonchev–Trinajstić information content (AvgIpc) is 2.99. The van der Waals surface area contributed by atoms with Crippen LogP contribution in [0.5, 0.6) is 0 Å². The molecular weight excluding hydrogens is 335 g/mol. The Bertz CT molecular complexity index is 778.